The number of urea groups is 2. The van der Waals surface area contributed by atoms with Crippen LogP contribution >= 0.6 is 0 Å². The van der Waals surface area contributed by atoms with E-state index in [9.17, 15) is 18.4 Å². The Kier molecular flexibility index (Phi) is 14.2. The van der Waals surface area contributed by atoms with Crippen molar-refractivity contribution < 1.29 is 18.4 Å². The van der Waals surface area contributed by atoms with Crippen LogP contribution in [0.15, 0.2) is 152 Å². The van der Waals surface area contributed by atoms with Crippen molar-refractivity contribution in [3.05, 3.63) is 191 Å². The third-order valence-corrected chi connectivity index (χ3v) is 15.5. The third-order valence-electron chi connectivity index (χ3n) is 15.5. The van der Waals surface area contributed by atoms with Crippen LogP contribution in [-0.2, 0) is 5.41 Å². The number of amides is 4. The van der Waals surface area contributed by atoms with Crippen molar-refractivity contribution in [1.82, 2.24) is 29.4 Å². The number of benzene rings is 6. The number of likely N-dealkylation sites (tertiary alicyclic amines) is 4. The highest BCUT2D eigenvalue weighted by Crippen LogP contribution is 2.70. The molecule has 0 radical (unpaired) electrons. The fourth-order valence-electron chi connectivity index (χ4n) is 11.6. The van der Waals surface area contributed by atoms with Gasteiger partial charge in [0.15, 0.2) is 0 Å². The molecule has 2 saturated carbocycles. The molecule has 5 atom stereocenters. The van der Waals surface area contributed by atoms with E-state index in [4.69, 9.17) is 5.41 Å². The second-order valence-corrected chi connectivity index (χ2v) is 20.3. The molecule has 6 aromatic carbocycles. The van der Waals surface area contributed by atoms with Gasteiger partial charge < -0.3 is 30.3 Å². The van der Waals surface area contributed by atoms with Gasteiger partial charge in [0.2, 0.25) is 0 Å². The molecule has 13 rings (SSSR count). The Morgan fingerprint density at radius 2 is 1.24 bits per heavy atom. The molecule has 2 aliphatic carbocycles. The van der Waals surface area contributed by atoms with Gasteiger partial charge in [-0.1, -0.05) is 78.9 Å². The Labute approximate surface area is 421 Å². The average molecular weight is 967 g/mol. The van der Waals surface area contributed by atoms with Crippen molar-refractivity contribution in [2.75, 3.05) is 57.7 Å². The summed E-state index contributed by atoms with van der Waals surface area (Å²) in [6, 6.07) is 46.1. The average Bonchev–Trinajstić information content (AvgIpc) is 3.91. The van der Waals surface area contributed by atoms with Gasteiger partial charge in [0.25, 0.3) is 0 Å². The standard InChI is InChI=1S/C30H31FN4O.C14H11FN2.C10H16N2O.C6H6/c1-20-15-27(33-24-11-9-23(31)10-12-24)22(17-32)16-25(20)30-19-35(29(36)34-13-5-6-14-34)18-26(30)28(30)21-7-3-2-4-8-21;1-10-2-3-11-9-16-17(14(11)8-10)13-6-4-12(15)5-7-13;13-10(11-3-1-2-4-11)12-6-8-5-9(8)7-12;1-2-4-6-5-3-1/h2-4,7-12,15-17,26,28,32-33H,5-6,13-14,18-19H2,1H3;2-9H,1H3;8-9H,1-7H2;1-6H. The number of nitrogens with zero attached hydrogens (tertiary/aromatic N) is 6. The summed E-state index contributed by atoms with van der Waals surface area (Å²) in [5.41, 5.74) is 9.02. The van der Waals surface area contributed by atoms with Gasteiger partial charge in [0, 0.05) is 92.2 Å². The fraction of sp³-hybridized carbons (Fsp3) is 0.333. The van der Waals surface area contributed by atoms with Crippen LogP contribution < -0.4 is 5.32 Å². The number of aromatic nitrogens is 2. The van der Waals surface area contributed by atoms with Gasteiger partial charge in [-0.05, 0) is 153 Å². The van der Waals surface area contributed by atoms with Crippen LogP contribution in [0.25, 0.3) is 16.6 Å². The van der Waals surface area contributed by atoms with Crippen molar-refractivity contribution in [3.8, 4) is 5.69 Å². The lowest BCUT2D eigenvalue weighted by atomic mass is 9.86. The van der Waals surface area contributed by atoms with E-state index in [0.29, 0.717) is 24.4 Å². The fourth-order valence-corrected chi connectivity index (χ4v) is 11.6. The topological polar surface area (TPSA) is 101 Å². The number of fused-ring (bicyclic) bond motifs is 3. The second kappa shape index (κ2) is 21.2. The third kappa shape index (κ3) is 10.4. The molecule has 1 aromatic heterocycles. The zero-order valence-electron chi connectivity index (χ0n) is 41.3. The van der Waals surface area contributed by atoms with Crippen molar-refractivity contribution in [2.24, 2.45) is 17.8 Å². The first kappa shape index (κ1) is 48.3. The van der Waals surface area contributed by atoms with E-state index in [0.717, 1.165) is 110 Å². The van der Waals surface area contributed by atoms with Crippen molar-refractivity contribution in [2.45, 2.75) is 57.3 Å². The zero-order chi connectivity index (χ0) is 49.8. The predicted molar refractivity (Wildman–Crippen MR) is 282 cm³/mol. The van der Waals surface area contributed by atoms with Crippen LogP contribution in [0.3, 0.4) is 0 Å². The largest absolute Gasteiger partial charge is 0.355 e. The van der Waals surface area contributed by atoms with E-state index < -0.39 is 0 Å². The Morgan fingerprint density at radius 3 is 1.83 bits per heavy atom. The van der Waals surface area contributed by atoms with Crippen LogP contribution in [0.2, 0.25) is 0 Å². The van der Waals surface area contributed by atoms with Gasteiger partial charge in [-0.15, -0.1) is 0 Å². The molecular weight excluding hydrogens is 903 g/mol. The SMILES string of the molecule is Cc1cc(Nc2ccc(F)cc2)c(C=N)cc1C12CN(C(=O)N3CCCC3)CC1C2c1ccccc1.Cc1ccc2cnn(-c3ccc(F)cc3)c2c1.O=C(N1CCCC1)N1CC2CC2C1.c1ccccc1. The first-order valence-electron chi connectivity index (χ1n) is 25.6. The summed E-state index contributed by atoms with van der Waals surface area (Å²) in [4.78, 5) is 33.3. The van der Waals surface area contributed by atoms with E-state index in [-0.39, 0.29) is 23.1 Å². The number of aryl methyl sites for hydroxylation is 2. The number of halogens is 2. The number of piperidine rings is 2. The lowest BCUT2D eigenvalue weighted by molar-refractivity contribution is 0.166. The van der Waals surface area contributed by atoms with E-state index >= 15 is 0 Å². The van der Waals surface area contributed by atoms with E-state index in [2.05, 4.69) is 75.7 Å². The normalized spacial score (nSPS) is 22.1. The quantitative estimate of drug-likeness (QED) is 0.162. The maximum Gasteiger partial charge on any atom is 0.320 e. The smallest absolute Gasteiger partial charge is 0.320 e. The summed E-state index contributed by atoms with van der Waals surface area (Å²) in [6.45, 7) is 11.4. The molecule has 4 aliphatic heterocycles. The van der Waals surface area contributed by atoms with Crippen LogP contribution in [0, 0.1) is 48.6 Å². The van der Waals surface area contributed by atoms with Crippen LogP contribution in [-0.4, -0.2) is 100 Å². The summed E-state index contributed by atoms with van der Waals surface area (Å²) in [7, 11) is 0. The van der Waals surface area contributed by atoms with Gasteiger partial charge >= 0.3 is 12.1 Å². The molecule has 370 valence electrons. The zero-order valence-corrected chi connectivity index (χ0v) is 41.3. The highest BCUT2D eigenvalue weighted by atomic mass is 19.1. The number of hydrogen-bond donors (Lipinski definition) is 2. The summed E-state index contributed by atoms with van der Waals surface area (Å²) in [5, 5.41) is 16.9. The van der Waals surface area contributed by atoms with Crippen molar-refractivity contribution >= 4 is 40.6 Å². The summed E-state index contributed by atoms with van der Waals surface area (Å²) >= 11 is 0. The first-order chi connectivity index (χ1) is 35.1. The van der Waals surface area contributed by atoms with Gasteiger partial charge in [0.1, 0.15) is 11.6 Å². The van der Waals surface area contributed by atoms with Gasteiger partial charge in [-0.25, -0.2) is 23.1 Å². The Morgan fingerprint density at radius 1 is 0.667 bits per heavy atom. The van der Waals surface area contributed by atoms with E-state index in [1.165, 1.54) is 66.4 Å². The molecular formula is C60H64F2N8O2. The maximum absolute atomic E-state index is 13.4. The molecule has 0 spiro atoms. The summed E-state index contributed by atoms with van der Waals surface area (Å²) < 4.78 is 28.1. The molecule has 0 bridgehead atoms. The van der Waals surface area contributed by atoms with Gasteiger partial charge in [0.05, 0.1) is 17.4 Å². The Balaban J connectivity index is 0.000000135. The summed E-state index contributed by atoms with van der Waals surface area (Å²) in [5.74, 6) is 1.94. The predicted octanol–water partition coefficient (Wildman–Crippen LogP) is 12.4. The maximum atomic E-state index is 13.4. The molecule has 12 heteroatoms. The number of carbonyl (C=O) groups is 2. The molecule has 5 heterocycles. The van der Waals surface area contributed by atoms with Crippen molar-refractivity contribution in [1.29, 1.82) is 5.41 Å². The van der Waals surface area contributed by atoms with E-state index in [1.54, 1.807) is 24.3 Å². The van der Waals surface area contributed by atoms with Crippen LogP contribution in [0.1, 0.15) is 65.8 Å². The molecule has 4 saturated heterocycles. The molecule has 6 fully saturated rings. The number of rotatable bonds is 6. The Bertz CT molecular complexity index is 2950. The number of nitrogens with one attached hydrogen (secondary N) is 2. The first-order valence-corrected chi connectivity index (χ1v) is 25.6. The number of carbonyl (C=O) groups excluding carboxylic acids is 2. The Hall–Kier alpha value is -7.34. The number of anilines is 2. The highest BCUT2D eigenvalue weighted by Gasteiger charge is 2.71. The molecule has 6 aliphatic rings. The molecule has 72 heavy (non-hydrogen) atoms. The molecule has 4 amide bonds. The molecule has 2 N–H and O–H groups in total. The molecule has 7 aromatic rings. The second-order valence-electron chi connectivity index (χ2n) is 20.3. The monoisotopic (exact) mass is 967 g/mol. The number of hydrogen-bond acceptors (Lipinski definition) is 5. The van der Waals surface area contributed by atoms with Crippen LogP contribution in [0.5, 0.6) is 0 Å². The lowest BCUT2D eigenvalue weighted by Crippen LogP contribution is -2.43. The van der Waals surface area contributed by atoms with E-state index in [1.807, 2.05) is 76.1 Å². The molecule has 10 nitrogen and oxygen atoms in total. The van der Waals surface area contributed by atoms with Crippen LogP contribution in [0.4, 0.5) is 29.7 Å². The highest BCUT2D eigenvalue weighted by molar-refractivity contribution is 5.89. The van der Waals surface area contributed by atoms with Crippen molar-refractivity contribution in [3.63, 3.8) is 0 Å². The lowest BCUT2D eigenvalue weighted by Gasteiger charge is -2.29. The molecule has 5 unspecified atom stereocenters. The minimum absolute atomic E-state index is 0.146. The van der Waals surface area contributed by atoms with Gasteiger partial charge in [-0.2, -0.15) is 5.10 Å². The minimum Gasteiger partial charge on any atom is -0.355 e. The van der Waals surface area contributed by atoms with Gasteiger partial charge in [-0.3, -0.25) is 0 Å². The summed E-state index contributed by atoms with van der Waals surface area (Å²) in [6.07, 6.45) is 9.15. The minimum atomic E-state index is -0.278.